The molecule has 1 aromatic rings. The van der Waals surface area contributed by atoms with Gasteiger partial charge in [0.25, 0.3) is 0 Å². The number of carboxylic acids is 1. The summed E-state index contributed by atoms with van der Waals surface area (Å²) in [6.45, 7) is 3.31. The molecule has 0 aromatic heterocycles. The number of hydrogen-bond acceptors (Lipinski definition) is 3. The highest BCUT2D eigenvalue weighted by Gasteiger charge is 2.36. The second-order valence-electron chi connectivity index (χ2n) is 4.66. The van der Waals surface area contributed by atoms with Gasteiger partial charge in [-0.15, -0.1) is 0 Å². The highest BCUT2D eigenvalue weighted by molar-refractivity contribution is 5.99. The number of halogens is 1. The third-order valence-corrected chi connectivity index (χ3v) is 3.55. The maximum atomic E-state index is 13.9. The fraction of sp³-hybridized carbons (Fsp3) is 0.429. The first kappa shape index (κ1) is 13.5. The minimum Gasteiger partial charge on any atom is -0.491 e. The summed E-state index contributed by atoms with van der Waals surface area (Å²) in [5.41, 5.74) is 0.521. The molecule has 1 aliphatic rings. The van der Waals surface area contributed by atoms with Crippen LogP contribution in [0.25, 0.3) is 0 Å². The minimum atomic E-state index is -1.02. The van der Waals surface area contributed by atoms with E-state index in [0.29, 0.717) is 5.56 Å². The van der Waals surface area contributed by atoms with Crippen LogP contribution in [-0.2, 0) is 4.79 Å². The van der Waals surface area contributed by atoms with Gasteiger partial charge in [-0.3, -0.25) is 9.59 Å². The van der Waals surface area contributed by atoms with Gasteiger partial charge in [-0.25, -0.2) is 4.39 Å². The monoisotopic (exact) mass is 266 g/mol. The van der Waals surface area contributed by atoms with E-state index in [1.807, 2.05) is 0 Å². The van der Waals surface area contributed by atoms with Crippen molar-refractivity contribution in [1.82, 2.24) is 0 Å². The Morgan fingerprint density at radius 1 is 1.47 bits per heavy atom. The van der Waals surface area contributed by atoms with Crippen molar-refractivity contribution in [1.29, 1.82) is 0 Å². The van der Waals surface area contributed by atoms with Gasteiger partial charge in [-0.05, 0) is 12.1 Å². The van der Waals surface area contributed by atoms with E-state index >= 15 is 0 Å². The summed E-state index contributed by atoms with van der Waals surface area (Å²) < 4.78 is 19.3. The fourth-order valence-electron chi connectivity index (χ4n) is 2.37. The van der Waals surface area contributed by atoms with Gasteiger partial charge in [0.15, 0.2) is 5.78 Å². The molecular formula is C14H15FO4. The Hall–Kier alpha value is -1.91. The maximum absolute atomic E-state index is 13.9. The summed E-state index contributed by atoms with van der Waals surface area (Å²) in [6, 6.07) is 2.60. The minimum absolute atomic E-state index is 0.0447. The zero-order valence-electron chi connectivity index (χ0n) is 10.8. The fourth-order valence-corrected chi connectivity index (χ4v) is 2.37. The quantitative estimate of drug-likeness (QED) is 0.854. The van der Waals surface area contributed by atoms with Gasteiger partial charge in [0.05, 0.1) is 11.5 Å². The van der Waals surface area contributed by atoms with E-state index in [1.165, 1.54) is 12.1 Å². The normalized spacial score (nSPS) is 21.4. The number of rotatable bonds is 3. The number of ketones is 1. The third kappa shape index (κ3) is 2.20. The number of fused-ring (bicyclic) bond motifs is 1. The molecule has 0 radical (unpaired) electrons. The topological polar surface area (TPSA) is 63.6 Å². The number of carboxylic acid groups (broad SMARTS) is 1. The number of Topliss-reactive ketones (excluding diaryl/α,β-unsaturated/α-hetero) is 1. The van der Waals surface area contributed by atoms with E-state index in [0.717, 1.165) is 0 Å². The van der Waals surface area contributed by atoms with Crippen molar-refractivity contribution in [2.45, 2.75) is 26.2 Å². The molecule has 0 saturated carbocycles. The van der Waals surface area contributed by atoms with Crippen molar-refractivity contribution in [2.75, 3.05) is 6.61 Å². The highest BCUT2D eigenvalue weighted by atomic mass is 19.1. The zero-order chi connectivity index (χ0) is 14.2. The SMILES string of the molecule is CCC(=O)c1ccc(F)c2c1OCC(C(=O)O)C2C. The molecule has 19 heavy (non-hydrogen) atoms. The lowest BCUT2D eigenvalue weighted by atomic mass is 9.83. The van der Waals surface area contributed by atoms with Gasteiger partial charge in [0.2, 0.25) is 0 Å². The molecular weight excluding hydrogens is 251 g/mol. The van der Waals surface area contributed by atoms with Gasteiger partial charge in [0, 0.05) is 17.9 Å². The number of ether oxygens (including phenoxy) is 1. The Morgan fingerprint density at radius 3 is 2.74 bits per heavy atom. The van der Waals surface area contributed by atoms with Crippen molar-refractivity contribution in [3.05, 3.63) is 29.1 Å². The Bertz CT molecular complexity index is 538. The average molecular weight is 266 g/mol. The largest absolute Gasteiger partial charge is 0.491 e. The van der Waals surface area contributed by atoms with Gasteiger partial charge in [0.1, 0.15) is 18.2 Å². The Balaban J connectivity index is 2.55. The second kappa shape index (κ2) is 4.99. The number of benzene rings is 1. The summed E-state index contributed by atoms with van der Waals surface area (Å²) in [5, 5.41) is 9.08. The van der Waals surface area contributed by atoms with Crippen molar-refractivity contribution in [3.8, 4) is 5.75 Å². The summed E-state index contributed by atoms with van der Waals surface area (Å²) in [4.78, 5) is 22.9. The van der Waals surface area contributed by atoms with Crippen LogP contribution in [0.15, 0.2) is 12.1 Å². The van der Waals surface area contributed by atoms with E-state index in [-0.39, 0.29) is 30.1 Å². The Labute approximate surface area is 110 Å². The third-order valence-electron chi connectivity index (χ3n) is 3.55. The summed E-state index contributed by atoms with van der Waals surface area (Å²) in [5.74, 6) is -2.81. The van der Waals surface area contributed by atoms with Crippen molar-refractivity contribution in [3.63, 3.8) is 0 Å². The molecule has 1 aromatic carbocycles. The number of carbonyl (C=O) groups is 2. The highest BCUT2D eigenvalue weighted by Crippen LogP contribution is 2.41. The summed E-state index contributed by atoms with van der Waals surface area (Å²) >= 11 is 0. The lowest BCUT2D eigenvalue weighted by Gasteiger charge is -2.30. The molecule has 0 amide bonds. The van der Waals surface area contributed by atoms with E-state index in [1.54, 1.807) is 13.8 Å². The molecule has 2 atom stereocenters. The molecule has 5 heteroatoms. The first-order valence-corrected chi connectivity index (χ1v) is 6.18. The lowest BCUT2D eigenvalue weighted by molar-refractivity contribution is -0.144. The molecule has 2 rings (SSSR count). The summed E-state index contributed by atoms with van der Waals surface area (Å²) in [7, 11) is 0. The second-order valence-corrected chi connectivity index (χ2v) is 4.66. The maximum Gasteiger partial charge on any atom is 0.310 e. The zero-order valence-corrected chi connectivity index (χ0v) is 10.8. The van der Waals surface area contributed by atoms with E-state index in [9.17, 15) is 14.0 Å². The first-order chi connectivity index (χ1) is 8.97. The van der Waals surface area contributed by atoms with Crippen molar-refractivity contribution in [2.24, 2.45) is 5.92 Å². The molecule has 0 bridgehead atoms. The molecule has 0 aliphatic carbocycles. The molecule has 1 heterocycles. The van der Waals surface area contributed by atoms with Gasteiger partial charge < -0.3 is 9.84 Å². The number of carbonyl (C=O) groups excluding carboxylic acids is 1. The Kier molecular flexibility index (Phi) is 3.55. The molecule has 0 spiro atoms. The van der Waals surface area contributed by atoms with Crippen LogP contribution in [0.5, 0.6) is 5.75 Å². The number of hydrogen-bond donors (Lipinski definition) is 1. The predicted octanol–water partition coefficient (Wildman–Crippen LogP) is 2.62. The van der Waals surface area contributed by atoms with Crippen molar-refractivity contribution < 1.29 is 23.8 Å². The van der Waals surface area contributed by atoms with Crippen molar-refractivity contribution >= 4 is 11.8 Å². The standard InChI is InChI=1S/C14H15FO4/c1-3-11(16)8-4-5-10(15)12-7(2)9(14(17)18)6-19-13(8)12/h4-5,7,9H,3,6H2,1-2H3,(H,17,18). The van der Waals surface area contributed by atoms with Crippen LogP contribution < -0.4 is 4.74 Å². The van der Waals surface area contributed by atoms with Gasteiger partial charge in [-0.1, -0.05) is 13.8 Å². The van der Waals surface area contributed by atoms with Crippen LogP contribution in [0.4, 0.5) is 4.39 Å². The van der Waals surface area contributed by atoms with Gasteiger partial charge in [-0.2, -0.15) is 0 Å². The lowest BCUT2D eigenvalue weighted by Crippen LogP contribution is -2.32. The summed E-state index contributed by atoms with van der Waals surface area (Å²) in [6.07, 6.45) is 0.290. The van der Waals surface area contributed by atoms with Crippen LogP contribution in [-0.4, -0.2) is 23.5 Å². The molecule has 2 unspecified atom stereocenters. The molecule has 4 nitrogen and oxygen atoms in total. The van der Waals surface area contributed by atoms with Crippen LogP contribution >= 0.6 is 0 Å². The average Bonchev–Trinajstić information content (AvgIpc) is 2.38. The molecule has 1 aliphatic heterocycles. The Morgan fingerprint density at radius 2 is 2.16 bits per heavy atom. The predicted molar refractivity (Wildman–Crippen MR) is 66.1 cm³/mol. The molecule has 0 saturated heterocycles. The number of aliphatic carboxylic acids is 1. The van der Waals surface area contributed by atoms with E-state index in [4.69, 9.17) is 9.84 Å². The first-order valence-electron chi connectivity index (χ1n) is 6.18. The van der Waals surface area contributed by atoms with Crippen LogP contribution in [0, 0.1) is 11.7 Å². The molecule has 102 valence electrons. The van der Waals surface area contributed by atoms with Crippen LogP contribution in [0.3, 0.4) is 0 Å². The van der Waals surface area contributed by atoms with Crippen LogP contribution in [0.1, 0.15) is 42.1 Å². The molecule has 0 fully saturated rings. The van der Waals surface area contributed by atoms with Gasteiger partial charge >= 0.3 is 5.97 Å². The van der Waals surface area contributed by atoms with E-state index in [2.05, 4.69) is 0 Å². The smallest absolute Gasteiger partial charge is 0.310 e. The molecule has 1 N–H and O–H groups in total. The van der Waals surface area contributed by atoms with E-state index < -0.39 is 23.6 Å². The van der Waals surface area contributed by atoms with Crippen LogP contribution in [0.2, 0.25) is 0 Å².